The van der Waals surface area contributed by atoms with Crippen molar-refractivity contribution in [3.8, 4) is 5.75 Å². The maximum absolute atomic E-state index is 12.9. The summed E-state index contributed by atoms with van der Waals surface area (Å²) in [6.07, 6.45) is 0.184. The van der Waals surface area contributed by atoms with E-state index in [4.69, 9.17) is 4.74 Å². The van der Waals surface area contributed by atoms with E-state index in [1.807, 2.05) is 55.5 Å². The van der Waals surface area contributed by atoms with Crippen molar-refractivity contribution in [3.63, 3.8) is 0 Å². The Morgan fingerprint density at radius 3 is 2.60 bits per heavy atom. The number of aromatic nitrogens is 2. The standard InChI is InChI=1S/C23H24N4O3/c1-16-12-21(27(25-16)14-17-6-4-3-5-7-17)24-23(29)18-13-22(28)26(15-18)19-8-10-20(30-2)11-9-19/h3-12,18H,13-15H2,1-2H3,(H,24,29)/t18-/m0/s1. The summed E-state index contributed by atoms with van der Waals surface area (Å²) >= 11 is 0. The van der Waals surface area contributed by atoms with Crippen molar-refractivity contribution in [1.82, 2.24) is 9.78 Å². The molecule has 1 aliphatic heterocycles. The average Bonchev–Trinajstić information content (AvgIpc) is 3.31. The maximum Gasteiger partial charge on any atom is 0.230 e. The summed E-state index contributed by atoms with van der Waals surface area (Å²) in [5.41, 5.74) is 2.68. The van der Waals surface area contributed by atoms with Crippen LogP contribution in [0.4, 0.5) is 11.5 Å². The summed E-state index contributed by atoms with van der Waals surface area (Å²) in [5.74, 6) is 0.710. The number of carbonyl (C=O) groups is 2. The van der Waals surface area contributed by atoms with Gasteiger partial charge in [-0.3, -0.25) is 9.59 Å². The van der Waals surface area contributed by atoms with Crippen molar-refractivity contribution >= 4 is 23.3 Å². The van der Waals surface area contributed by atoms with Gasteiger partial charge in [0.05, 0.1) is 25.3 Å². The fourth-order valence-electron chi connectivity index (χ4n) is 3.65. The highest BCUT2D eigenvalue weighted by molar-refractivity contribution is 6.03. The number of anilines is 2. The number of nitrogens with one attached hydrogen (secondary N) is 1. The Bertz CT molecular complexity index is 1040. The lowest BCUT2D eigenvalue weighted by Crippen LogP contribution is -2.28. The molecule has 7 heteroatoms. The number of carbonyl (C=O) groups excluding carboxylic acids is 2. The molecular formula is C23H24N4O3. The van der Waals surface area contributed by atoms with Gasteiger partial charge in [-0.1, -0.05) is 30.3 Å². The quantitative estimate of drug-likeness (QED) is 0.684. The number of ether oxygens (including phenoxy) is 1. The molecule has 7 nitrogen and oxygen atoms in total. The van der Waals surface area contributed by atoms with Gasteiger partial charge in [0.15, 0.2) is 0 Å². The van der Waals surface area contributed by atoms with Gasteiger partial charge in [0.1, 0.15) is 11.6 Å². The third-order valence-corrected chi connectivity index (χ3v) is 5.21. The summed E-state index contributed by atoms with van der Waals surface area (Å²) in [6, 6.07) is 19.1. The molecule has 1 fully saturated rings. The third-order valence-electron chi connectivity index (χ3n) is 5.21. The Kier molecular flexibility index (Phi) is 5.52. The summed E-state index contributed by atoms with van der Waals surface area (Å²) in [4.78, 5) is 27.1. The summed E-state index contributed by atoms with van der Waals surface area (Å²) in [5, 5.41) is 7.46. The molecule has 2 aromatic carbocycles. The summed E-state index contributed by atoms with van der Waals surface area (Å²) in [6.45, 7) is 2.80. The van der Waals surface area contributed by atoms with Crippen LogP contribution in [0.1, 0.15) is 17.7 Å². The van der Waals surface area contributed by atoms with Gasteiger partial charge in [-0.15, -0.1) is 0 Å². The second-order valence-electron chi connectivity index (χ2n) is 7.41. The van der Waals surface area contributed by atoms with Crippen LogP contribution in [-0.4, -0.2) is 35.2 Å². The molecule has 154 valence electrons. The third kappa shape index (κ3) is 4.20. The number of amides is 2. The maximum atomic E-state index is 12.9. The lowest BCUT2D eigenvalue weighted by Gasteiger charge is -2.17. The van der Waals surface area contributed by atoms with Crippen LogP contribution in [0.5, 0.6) is 5.75 Å². The van der Waals surface area contributed by atoms with Crippen molar-refractivity contribution in [2.75, 3.05) is 23.9 Å². The second-order valence-corrected chi connectivity index (χ2v) is 7.41. The van der Waals surface area contributed by atoms with Gasteiger partial charge in [-0.05, 0) is 36.8 Å². The number of aryl methyl sites for hydroxylation is 1. The van der Waals surface area contributed by atoms with Crippen molar-refractivity contribution in [1.29, 1.82) is 0 Å². The van der Waals surface area contributed by atoms with Crippen LogP contribution < -0.4 is 15.0 Å². The molecule has 1 aliphatic rings. The molecule has 0 bridgehead atoms. The molecule has 0 spiro atoms. The molecule has 0 radical (unpaired) electrons. The van der Waals surface area contributed by atoms with E-state index in [1.165, 1.54) is 0 Å². The molecule has 2 heterocycles. The van der Waals surface area contributed by atoms with Crippen LogP contribution in [0, 0.1) is 12.8 Å². The molecule has 0 unspecified atom stereocenters. The minimum absolute atomic E-state index is 0.0608. The van der Waals surface area contributed by atoms with Gasteiger partial charge in [-0.2, -0.15) is 5.10 Å². The first kappa shape index (κ1) is 19.7. The first-order valence-corrected chi connectivity index (χ1v) is 9.87. The Morgan fingerprint density at radius 2 is 1.90 bits per heavy atom. The van der Waals surface area contributed by atoms with Crippen LogP contribution >= 0.6 is 0 Å². The molecule has 0 saturated carbocycles. The van der Waals surface area contributed by atoms with Crippen LogP contribution in [0.3, 0.4) is 0 Å². The normalized spacial score (nSPS) is 16.0. The van der Waals surface area contributed by atoms with Crippen molar-refractivity contribution in [2.45, 2.75) is 19.9 Å². The van der Waals surface area contributed by atoms with Crippen molar-refractivity contribution in [3.05, 3.63) is 71.9 Å². The molecular weight excluding hydrogens is 380 g/mol. The van der Waals surface area contributed by atoms with Crippen molar-refractivity contribution < 1.29 is 14.3 Å². The molecule has 1 atom stereocenters. The van der Waals surface area contributed by atoms with E-state index >= 15 is 0 Å². The number of rotatable bonds is 6. The SMILES string of the molecule is COc1ccc(N2C[C@@H](C(=O)Nc3cc(C)nn3Cc3ccccc3)CC2=O)cc1. The minimum atomic E-state index is -0.417. The lowest BCUT2D eigenvalue weighted by molar-refractivity contribution is -0.122. The molecule has 1 saturated heterocycles. The fraction of sp³-hybridized carbons (Fsp3) is 0.261. The lowest BCUT2D eigenvalue weighted by atomic mass is 10.1. The topological polar surface area (TPSA) is 76.5 Å². The first-order chi connectivity index (χ1) is 14.5. The average molecular weight is 404 g/mol. The number of hydrogen-bond acceptors (Lipinski definition) is 4. The highest BCUT2D eigenvalue weighted by Gasteiger charge is 2.35. The van der Waals surface area contributed by atoms with Crippen LogP contribution in [0.15, 0.2) is 60.7 Å². The number of hydrogen-bond donors (Lipinski definition) is 1. The van der Waals surface area contributed by atoms with Gasteiger partial charge < -0.3 is 15.0 Å². The summed E-state index contributed by atoms with van der Waals surface area (Å²) < 4.78 is 6.94. The Balaban J connectivity index is 1.45. The molecule has 1 N–H and O–H groups in total. The van der Waals surface area contributed by atoms with Crippen LogP contribution in [0.2, 0.25) is 0 Å². The van der Waals surface area contributed by atoms with E-state index in [0.717, 1.165) is 22.7 Å². The van der Waals surface area contributed by atoms with Crippen LogP contribution in [-0.2, 0) is 16.1 Å². The highest BCUT2D eigenvalue weighted by atomic mass is 16.5. The van der Waals surface area contributed by atoms with E-state index < -0.39 is 5.92 Å². The summed E-state index contributed by atoms with van der Waals surface area (Å²) in [7, 11) is 1.60. The van der Waals surface area contributed by atoms with E-state index in [-0.39, 0.29) is 18.2 Å². The predicted octanol–water partition coefficient (Wildman–Crippen LogP) is 3.24. The fourth-order valence-corrected chi connectivity index (χ4v) is 3.65. The van der Waals surface area contributed by atoms with Crippen molar-refractivity contribution in [2.24, 2.45) is 5.92 Å². The van der Waals surface area contributed by atoms with Gasteiger partial charge in [0.2, 0.25) is 11.8 Å². The molecule has 1 aromatic heterocycles. The van der Waals surface area contributed by atoms with Gasteiger partial charge >= 0.3 is 0 Å². The Morgan fingerprint density at radius 1 is 1.17 bits per heavy atom. The van der Waals surface area contributed by atoms with Gasteiger partial charge in [-0.25, -0.2) is 4.68 Å². The van der Waals surface area contributed by atoms with Gasteiger partial charge in [0.25, 0.3) is 0 Å². The largest absolute Gasteiger partial charge is 0.497 e. The highest BCUT2D eigenvalue weighted by Crippen LogP contribution is 2.27. The monoisotopic (exact) mass is 404 g/mol. The van der Waals surface area contributed by atoms with E-state index in [1.54, 1.807) is 28.8 Å². The first-order valence-electron chi connectivity index (χ1n) is 9.87. The predicted molar refractivity (Wildman–Crippen MR) is 115 cm³/mol. The zero-order valence-electron chi connectivity index (χ0n) is 17.0. The van der Waals surface area contributed by atoms with E-state index in [2.05, 4.69) is 10.4 Å². The molecule has 2 amide bonds. The zero-order chi connectivity index (χ0) is 21.1. The number of methoxy groups -OCH3 is 1. The number of benzene rings is 2. The number of nitrogens with zero attached hydrogens (tertiary/aromatic N) is 3. The molecule has 0 aliphatic carbocycles. The van der Waals surface area contributed by atoms with E-state index in [0.29, 0.717) is 18.9 Å². The molecule has 4 rings (SSSR count). The second kappa shape index (κ2) is 8.41. The minimum Gasteiger partial charge on any atom is -0.497 e. The zero-order valence-corrected chi connectivity index (χ0v) is 17.0. The Hall–Kier alpha value is -3.61. The molecule has 3 aromatic rings. The Labute approximate surface area is 175 Å². The smallest absolute Gasteiger partial charge is 0.230 e. The molecule has 30 heavy (non-hydrogen) atoms. The van der Waals surface area contributed by atoms with E-state index in [9.17, 15) is 9.59 Å². The van der Waals surface area contributed by atoms with Crippen LogP contribution in [0.25, 0.3) is 0 Å². The van der Waals surface area contributed by atoms with Gasteiger partial charge in [0, 0.05) is 24.7 Å².